The highest BCUT2D eigenvalue weighted by Gasteiger charge is 2.16. The fraction of sp³-hybridized carbons (Fsp3) is 0.300. The minimum atomic E-state index is -0.347. The minimum Gasteiger partial charge on any atom is -0.493 e. The van der Waals surface area contributed by atoms with Gasteiger partial charge in [-0.3, -0.25) is 9.59 Å². The van der Waals surface area contributed by atoms with Gasteiger partial charge in [-0.25, -0.2) is 0 Å². The fourth-order valence-corrected chi connectivity index (χ4v) is 2.51. The highest BCUT2D eigenvalue weighted by Crippen LogP contribution is 2.36. The molecule has 2 aromatic carbocycles. The monoisotopic (exact) mass is 406 g/mol. The van der Waals surface area contributed by atoms with Crippen LogP contribution in [0, 0.1) is 0 Å². The number of hydrogen-bond acceptors (Lipinski definition) is 5. The molecule has 0 aliphatic heterocycles. The Labute approximate surface area is 169 Å². The smallest absolute Gasteiger partial charge is 0.259 e. The third-order valence-corrected chi connectivity index (χ3v) is 4.03. The molecule has 0 saturated carbocycles. The lowest BCUT2D eigenvalue weighted by molar-refractivity contribution is -0.130. The maximum atomic E-state index is 12.5. The molecule has 0 aliphatic carbocycles. The first-order valence-electron chi connectivity index (χ1n) is 8.60. The second-order valence-electron chi connectivity index (χ2n) is 5.98. The van der Waals surface area contributed by atoms with Crippen LogP contribution in [0.25, 0.3) is 0 Å². The third kappa shape index (κ3) is 5.53. The second kappa shape index (κ2) is 9.85. The van der Waals surface area contributed by atoms with Gasteiger partial charge >= 0.3 is 0 Å². The molecule has 0 fully saturated rings. The minimum absolute atomic E-state index is 0.0524. The molecular weight excluding hydrogens is 384 g/mol. The number of anilines is 1. The molecule has 0 aliphatic rings. The average molecular weight is 407 g/mol. The first kappa shape index (κ1) is 21.4. The number of nitrogens with zero attached hydrogens (tertiary/aromatic N) is 1. The van der Waals surface area contributed by atoms with E-state index in [-0.39, 0.29) is 18.4 Å². The van der Waals surface area contributed by atoms with Gasteiger partial charge in [0.25, 0.3) is 11.8 Å². The summed E-state index contributed by atoms with van der Waals surface area (Å²) in [5, 5.41) is 3.07. The van der Waals surface area contributed by atoms with Crippen LogP contribution in [0.5, 0.6) is 17.2 Å². The van der Waals surface area contributed by atoms with E-state index in [9.17, 15) is 9.59 Å². The van der Waals surface area contributed by atoms with E-state index >= 15 is 0 Å². The molecule has 7 nitrogen and oxygen atoms in total. The lowest BCUT2D eigenvalue weighted by atomic mass is 10.1. The number of rotatable bonds is 8. The van der Waals surface area contributed by atoms with Crippen molar-refractivity contribution in [2.75, 3.05) is 39.7 Å². The number of hydrogen-bond donors (Lipinski definition) is 1. The molecule has 0 radical (unpaired) electrons. The molecule has 2 amide bonds. The second-order valence-corrected chi connectivity index (χ2v) is 6.39. The van der Waals surface area contributed by atoms with Crippen LogP contribution in [0.3, 0.4) is 0 Å². The Morgan fingerprint density at radius 1 is 1.11 bits per heavy atom. The predicted molar refractivity (Wildman–Crippen MR) is 108 cm³/mol. The normalized spacial score (nSPS) is 10.2. The number of methoxy groups -OCH3 is 1. The van der Waals surface area contributed by atoms with Gasteiger partial charge in [0.15, 0.2) is 18.1 Å². The number of benzene rings is 2. The van der Waals surface area contributed by atoms with Crippen molar-refractivity contribution in [3.05, 3.63) is 47.0 Å². The van der Waals surface area contributed by atoms with Crippen molar-refractivity contribution in [3.63, 3.8) is 0 Å². The predicted octanol–water partition coefficient (Wildman–Crippen LogP) is 3.47. The zero-order valence-corrected chi connectivity index (χ0v) is 17.0. The van der Waals surface area contributed by atoms with Crippen LogP contribution in [-0.4, -0.2) is 51.1 Å². The first-order chi connectivity index (χ1) is 13.3. The van der Waals surface area contributed by atoms with Crippen LogP contribution in [0.2, 0.25) is 5.02 Å². The van der Waals surface area contributed by atoms with Crippen molar-refractivity contribution in [1.29, 1.82) is 0 Å². The highest BCUT2D eigenvalue weighted by molar-refractivity contribution is 6.32. The molecule has 28 heavy (non-hydrogen) atoms. The lowest BCUT2D eigenvalue weighted by Gasteiger charge is -2.13. The van der Waals surface area contributed by atoms with Gasteiger partial charge in [-0.1, -0.05) is 11.6 Å². The molecule has 1 N–H and O–H groups in total. The van der Waals surface area contributed by atoms with E-state index in [0.29, 0.717) is 40.1 Å². The van der Waals surface area contributed by atoms with Crippen molar-refractivity contribution in [3.8, 4) is 17.2 Å². The van der Waals surface area contributed by atoms with E-state index in [2.05, 4.69) is 5.32 Å². The summed E-state index contributed by atoms with van der Waals surface area (Å²) in [6.45, 7) is 2.21. The fourth-order valence-electron chi connectivity index (χ4n) is 2.25. The van der Waals surface area contributed by atoms with Crippen molar-refractivity contribution >= 4 is 29.1 Å². The molecule has 8 heteroatoms. The van der Waals surface area contributed by atoms with Gasteiger partial charge in [0, 0.05) is 25.3 Å². The van der Waals surface area contributed by atoms with Gasteiger partial charge < -0.3 is 24.4 Å². The molecule has 2 rings (SSSR count). The summed E-state index contributed by atoms with van der Waals surface area (Å²) >= 11 is 6.21. The van der Waals surface area contributed by atoms with E-state index in [1.54, 1.807) is 44.4 Å². The third-order valence-electron chi connectivity index (χ3n) is 3.75. The summed E-state index contributed by atoms with van der Waals surface area (Å²) in [5.41, 5.74) is 0.905. The van der Waals surface area contributed by atoms with Gasteiger partial charge in [0.2, 0.25) is 0 Å². The zero-order chi connectivity index (χ0) is 20.7. The van der Waals surface area contributed by atoms with Crippen LogP contribution >= 0.6 is 11.6 Å². The maximum Gasteiger partial charge on any atom is 0.259 e. The largest absolute Gasteiger partial charge is 0.493 e. The first-order valence-corrected chi connectivity index (χ1v) is 8.98. The van der Waals surface area contributed by atoms with E-state index in [1.807, 2.05) is 6.92 Å². The summed E-state index contributed by atoms with van der Waals surface area (Å²) in [4.78, 5) is 25.5. The molecule has 0 atom stereocenters. The number of carbonyl (C=O) groups is 2. The summed E-state index contributed by atoms with van der Waals surface area (Å²) < 4.78 is 16.1. The summed E-state index contributed by atoms with van der Waals surface area (Å²) in [5.74, 6) is 0.822. The maximum absolute atomic E-state index is 12.5. The Bertz CT molecular complexity index is 837. The van der Waals surface area contributed by atoms with Crippen LogP contribution < -0.4 is 19.5 Å². The van der Waals surface area contributed by atoms with Crippen molar-refractivity contribution in [2.24, 2.45) is 0 Å². The Kier molecular flexibility index (Phi) is 7.52. The lowest BCUT2D eigenvalue weighted by Crippen LogP contribution is -2.27. The Balaban J connectivity index is 2.06. The molecule has 0 spiro atoms. The Morgan fingerprint density at radius 3 is 2.36 bits per heavy atom. The number of amides is 2. The van der Waals surface area contributed by atoms with Crippen LogP contribution in [0.15, 0.2) is 36.4 Å². The van der Waals surface area contributed by atoms with Crippen LogP contribution in [-0.2, 0) is 4.79 Å². The van der Waals surface area contributed by atoms with Crippen molar-refractivity contribution < 1.29 is 23.8 Å². The number of halogens is 1. The van der Waals surface area contributed by atoms with E-state index < -0.39 is 0 Å². The molecule has 0 bridgehead atoms. The van der Waals surface area contributed by atoms with E-state index in [1.165, 1.54) is 18.1 Å². The molecule has 150 valence electrons. The summed E-state index contributed by atoms with van der Waals surface area (Å²) in [6.07, 6.45) is 0. The van der Waals surface area contributed by atoms with Gasteiger partial charge in [-0.15, -0.1) is 0 Å². The van der Waals surface area contributed by atoms with Crippen molar-refractivity contribution in [2.45, 2.75) is 6.92 Å². The Morgan fingerprint density at radius 2 is 1.79 bits per heavy atom. The molecule has 0 saturated heterocycles. The summed E-state index contributed by atoms with van der Waals surface area (Å²) in [7, 11) is 4.80. The highest BCUT2D eigenvalue weighted by atomic mass is 35.5. The molecule has 2 aromatic rings. The summed E-state index contributed by atoms with van der Waals surface area (Å²) in [6, 6.07) is 9.79. The SMILES string of the molecule is CCOc1c(Cl)cc(C(=O)Nc2ccc(OCC(=O)N(C)C)cc2)cc1OC. The topological polar surface area (TPSA) is 77.1 Å². The average Bonchev–Trinajstić information content (AvgIpc) is 2.68. The van der Waals surface area contributed by atoms with E-state index in [0.717, 1.165) is 0 Å². The molecule has 0 heterocycles. The van der Waals surface area contributed by atoms with Crippen LogP contribution in [0.1, 0.15) is 17.3 Å². The zero-order valence-electron chi connectivity index (χ0n) is 16.2. The molecule has 0 unspecified atom stereocenters. The van der Waals surface area contributed by atoms with Gasteiger partial charge in [0.1, 0.15) is 5.75 Å². The van der Waals surface area contributed by atoms with Gasteiger partial charge in [-0.05, 0) is 43.3 Å². The van der Waals surface area contributed by atoms with Gasteiger partial charge in [-0.2, -0.15) is 0 Å². The number of ether oxygens (including phenoxy) is 3. The van der Waals surface area contributed by atoms with E-state index in [4.69, 9.17) is 25.8 Å². The number of carbonyl (C=O) groups excluding carboxylic acids is 2. The Hall–Kier alpha value is -2.93. The van der Waals surface area contributed by atoms with Crippen LogP contribution in [0.4, 0.5) is 5.69 Å². The standard InChI is InChI=1S/C20H23ClN2O5/c1-5-27-19-16(21)10-13(11-17(19)26-4)20(25)22-14-6-8-15(9-7-14)28-12-18(24)23(2)3/h6-11H,5,12H2,1-4H3,(H,22,25). The van der Waals surface area contributed by atoms with Gasteiger partial charge in [0.05, 0.1) is 18.7 Å². The quantitative estimate of drug-likeness (QED) is 0.726. The molecule has 0 aromatic heterocycles. The number of nitrogens with one attached hydrogen (secondary N) is 1. The molecular formula is C20H23ClN2O5. The van der Waals surface area contributed by atoms with Crippen molar-refractivity contribution in [1.82, 2.24) is 4.90 Å². The number of likely N-dealkylation sites (N-methyl/N-ethyl adjacent to an activating group) is 1.